The van der Waals surface area contributed by atoms with Crippen LogP contribution in [0.4, 0.5) is 0 Å². The van der Waals surface area contributed by atoms with Crippen LogP contribution in [0.1, 0.15) is 206 Å². The summed E-state index contributed by atoms with van der Waals surface area (Å²) in [5, 5.41) is 8.92. The molecule has 0 aromatic heterocycles. The van der Waals surface area contributed by atoms with Crippen LogP contribution in [0.2, 0.25) is 0 Å². The molecule has 0 aromatic rings. The molecule has 0 spiro atoms. The molecule has 354 valence electrons. The van der Waals surface area contributed by atoms with Crippen LogP contribution in [-0.4, -0.2) is 60.5 Å². The van der Waals surface area contributed by atoms with Crippen LogP contribution in [0.25, 0.3) is 0 Å². The van der Waals surface area contributed by atoms with Crippen molar-refractivity contribution in [3.63, 3.8) is 0 Å². The Balaban J connectivity index is 4.21. The monoisotopic (exact) mass is 880 g/mol. The van der Waals surface area contributed by atoms with Gasteiger partial charge in [-0.05, 0) is 83.5 Å². The van der Waals surface area contributed by atoms with E-state index in [1.807, 2.05) is 0 Å². The van der Waals surface area contributed by atoms with Gasteiger partial charge in [0, 0.05) is 13.0 Å². The van der Waals surface area contributed by atoms with Crippen molar-refractivity contribution >= 4 is 19.8 Å². The van der Waals surface area contributed by atoms with Gasteiger partial charge >= 0.3 is 19.8 Å². The lowest BCUT2D eigenvalue weighted by molar-refractivity contribution is -0.154. The maximum Gasteiger partial charge on any atom is 0.472 e. The number of rotatable bonds is 46. The molecule has 4 N–H and O–H groups in total. The number of phosphoric acid groups is 1. The van der Waals surface area contributed by atoms with Gasteiger partial charge in [0.15, 0.2) is 0 Å². The quantitative estimate of drug-likeness (QED) is 0.0233. The van der Waals surface area contributed by atoms with Crippen molar-refractivity contribution in [2.45, 2.75) is 219 Å². The van der Waals surface area contributed by atoms with E-state index in [1.165, 1.54) is 109 Å². The van der Waals surface area contributed by atoms with Crippen LogP contribution in [0.3, 0.4) is 0 Å². The third-order valence-electron chi connectivity index (χ3n) is 10.3. The second kappa shape index (κ2) is 45.7. The summed E-state index contributed by atoms with van der Waals surface area (Å²) >= 11 is 0. The largest absolute Gasteiger partial charge is 0.480 e. The average molecular weight is 880 g/mol. The summed E-state index contributed by atoms with van der Waals surface area (Å²) < 4.78 is 33.5. The van der Waals surface area contributed by atoms with Crippen molar-refractivity contribution in [1.29, 1.82) is 0 Å². The van der Waals surface area contributed by atoms with Gasteiger partial charge in [0.2, 0.25) is 0 Å². The van der Waals surface area contributed by atoms with E-state index in [1.54, 1.807) is 0 Å². The number of allylic oxidation sites excluding steroid dienone is 10. The Hall–Kier alpha value is -2.33. The highest BCUT2D eigenvalue weighted by atomic mass is 31.2. The fourth-order valence-corrected chi connectivity index (χ4v) is 7.24. The van der Waals surface area contributed by atoms with Gasteiger partial charge in [0.1, 0.15) is 12.1 Å². The summed E-state index contributed by atoms with van der Waals surface area (Å²) in [6, 6.07) is -1.48. The van der Waals surface area contributed by atoms with Crippen molar-refractivity contribution in [1.82, 2.24) is 0 Å². The van der Waals surface area contributed by atoms with E-state index in [-0.39, 0.29) is 13.0 Å². The minimum absolute atomic E-state index is 0.00663. The summed E-state index contributed by atoms with van der Waals surface area (Å²) in [6.45, 7) is 3.81. The lowest BCUT2D eigenvalue weighted by Gasteiger charge is -2.20. The second-order valence-corrected chi connectivity index (χ2v) is 17.7. The number of carboxylic acid groups (broad SMARTS) is 1. The third kappa shape index (κ3) is 45.5. The van der Waals surface area contributed by atoms with Gasteiger partial charge in [-0.25, -0.2) is 4.57 Å². The number of carbonyl (C=O) groups excluding carboxylic acids is 1. The number of aliphatic carboxylic acids is 1. The first-order chi connectivity index (χ1) is 29.7. The van der Waals surface area contributed by atoms with Crippen LogP contribution in [0.5, 0.6) is 0 Å². The van der Waals surface area contributed by atoms with Crippen LogP contribution in [0, 0.1) is 0 Å². The van der Waals surface area contributed by atoms with Crippen molar-refractivity contribution in [2.75, 3.05) is 26.4 Å². The van der Waals surface area contributed by atoms with Gasteiger partial charge in [-0.3, -0.25) is 18.6 Å². The van der Waals surface area contributed by atoms with Crippen molar-refractivity contribution in [3.8, 4) is 0 Å². The van der Waals surface area contributed by atoms with Crippen molar-refractivity contribution in [2.24, 2.45) is 5.73 Å². The van der Waals surface area contributed by atoms with E-state index in [4.69, 9.17) is 29.4 Å². The molecule has 0 saturated carbocycles. The zero-order valence-electron chi connectivity index (χ0n) is 38.7. The maximum absolute atomic E-state index is 12.7. The Kier molecular flexibility index (Phi) is 43.9. The molecule has 0 radical (unpaired) electrons. The summed E-state index contributed by atoms with van der Waals surface area (Å²) in [5.74, 6) is -1.79. The number of carbonyl (C=O) groups is 2. The Morgan fingerprint density at radius 2 is 0.902 bits per heavy atom. The number of esters is 1. The molecule has 0 fully saturated rings. The topological polar surface area (TPSA) is 155 Å². The molecule has 0 aliphatic carbocycles. The molecule has 10 nitrogen and oxygen atoms in total. The first-order valence-corrected chi connectivity index (χ1v) is 25.8. The van der Waals surface area contributed by atoms with Crippen LogP contribution in [0.15, 0.2) is 60.8 Å². The number of nitrogens with two attached hydrogens (primary N) is 1. The molecule has 0 amide bonds. The second-order valence-electron chi connectivity index (χ2n) is 16.2. The molecule has 0 aromatic carbocycles. The summed E-state index contributed by atoms with van der Waals surface area (Å²) in [7, 11) is -4.63. The summed E-state index contributed by atoms with van der Waals surface area (Å²) in [5.41, 5.74) is 5.37. The van der Waals surface area contributed by atoms with E-state index in [2.05, 4.69) is 74.6 Å². The number of unbranched alkanes of at least 4 members (excludes halogenated alkanes) is 22. The van der Waals surface area contributed by atoms with Gasteiger partial charge in [0.25, 0.3) is 0 Å². The lowest BCUT2D eigenvalue weighted by atomic mass is 10.1. The van der Waals surface area contributed by atoms with Crippen molar-refractivity contribution < 1.29 is 42.7 Å². The van der Waals surface area contributed by atoms with Gasteiger partial charge in [-0.15, -0.1) is 0 Å². The molecule has 0 heterocycles. The minimum atomic E-state index is -4.63. The number of ether oxygens (including phenoxy) is 2. The Morgan fingerprint density at radius 1 is 0.525 bits per heavy atom. The first-order valence-electron chi connectivity index (χ1n) is 24.3. The van der Waals surface area contributed by atoms with E-state index in [9.17, 15) is 19.0 Å². The summed E-state index contributed by atoms with van der Waals surface area (Å²) in [6.07, 6.45) is 55.5. The maximum atomic E-state index is 12.7. The lowest BCUT2D eigenvalue weighted by Crippen LogP contribution is -2.34. The number of hydrogen-bond acceptors (Lipinski definition) is 8. The zero-order valence-corrected chi connectivity index (χ0v) is 39.6. The molecule has 0 aliphatic rings. The Labute approximate surface area is 372 Å². The fraction of sp³-hybridized carbons (Fsp3) is 0.760. The van der Waals surface area contributed by atoms with Crippen LogP contribution in [-0.2, 0) is 32.7 Å². The average Bonchev–Trinajstić information content (AvgIpc) is 3.24. The molecule has 3 unspecified atom stereocenters. The van der Waals surface area contributed by atoms with Gasteiger partial charge < -0.3 is 25.2 Å². The van der Waals surface area contributed by atoms with E-state index in [0.29, 0.717) is 13.0 Å². The smallest absolute Gasteiger partial charge is 0.472 e. The predicted octanol–water partition coefficient (Wildman–Crippen LogP) is 14.0. The SMILES string of the molecule is CCCCC/C=C\C/C=C\C/C=C\CCCCCCCCCOCC(COP(=O)(O)OCC(N)C(=O)O)OC(=O)CCCCCCCCCCC/C=C\C/C=C\CCCCC. The molecule has 11 heteroatoms. The Morgan fingerprint density at radius 3 is 1.34 bits per heavy atom. The molecule has 3 atom stereocenters. The van der Waals surface area contributed by atoms with Crippen molar-refractivity contribution in [3.05, 3.63) is 60.8 Å². The standard InChI is InChI=1S/C50H90NO9P/c1-3-5-7-9-11-13-15-17-19-21-23-25-27-29-31-33-35-37-39-41-43-57-44-47(45-58-61(55,56)59-46-48(51)50(53)54)60-49(52)42-40-38-36-34-32-30-28-26-24-22-20-18-16-14-12-10-8-6-4-2/h11-14,17-20,23,25,47-48H,3-10,15-16,21-22,24,26-46,51H2,1-2H3,(H,53,54)(H,55,56)/b13-11-,14-12-,19-17-,20-18-,25-23-. The number of carboxylic acids is 1. The number of hydrogen-bond donors (Lipinski definition) is 3. The van der Waals surface area contributed by atoms with Gasteiger partial charge in [-0.2, -0.15) is 0 Å². The van der Waals surface area contributed by atoms with E-state index < -0.39 is 45.1 Å². The zero-order chi connectivity index (χ0) is 44.8. The molecule has 0 saturated heterocycles. The Bertz CT molecular complexity index is 1200. The molecule has 61 heavy (non-hydrogen) atoms. The summed E-state index contributed by atoms with van der Waals surface area (Å²) in [4.78, 5) is 33.6. The first kappa shape index (κ1) is 58.7. The van der Waals surface area contributed by atoms with E-state index >= 15 is 0 Å². The highest BCUT2D eigenvalue weighted by molar-refractivity contribution is 7.47. The number of phosphoric ester groups is 1. The fourth-order valence-electron chi connectivity index (χ4n) is 6.46. The van der Waals surface area contributed by atoms with Crippen LogP contribution >= 0.6 is 7.82 Å². The van der Waals surface area contributed by atoms with Gasteiger partial charge in [0.05, 0.1) is 19.8 Å². The van der Waals surface area contributed by atoms with Crippen LogP contribution < -0.4 is 5.73 Å². The van der Waals surface area contributed by atoms with Gasteiger partial charge in [-0.1, -0.05) is 177 Å². The molecule has 0 bridgehead atoms. The molecule has 0 aliphatic heterocycles. The van der Waals surface area contributed by atoms with E-state index in [0.717, 1.165) is 70.6 Å². The molecular weight excluding hydrogens is 790 g/mol. The molecule has 0 rings (SSSR count). The molecular formula is C50H90NO9P. The highest BCUT2D eigenvalue weighted by Crippen LogP contribution is 2.43. The third-order valence-corrected chi connectivity index (χ3v) is 11.2. The normalized spacial score (nSPS) is 14.3. The predicted molar refractivity (Wildman–Crippen MR) is 254 cm³/mol. The highest BCUT2D eigenvalue weighted by Gasteiger charge is 2.27. The minimum Gasteiger partial charge on any atom is -0.480 e.